The van der Waals surface area contributed by atoms with Gasteiger partial charge in [-0.2, -0.15) is 4.57 Å². The first-order valence-corrected chi connectivity index (χ1v) is 8.89. The lowest BCUT2D eigenvalue weighted by molar-refractivity contribution is -0.657. The molecule has 0 fully saturated rings. The molecule has 140 valence electrons. The molecule has 3 aromatic carbocycles. The Hall–Kier alpha value is -2.73. The van der Waals surface area contributed by atoms with Crippen molar-refractivity contribution >= 4 is 16.7 Å². The van der Waals surface area contributed by atoms with Crippen LogP contribution in [0.15, 0.2) is 91.1 Å². The fraction of sp³-hybridized carbons (Fsp3) is 0.0833. The third-order valence-corrected chi connectivity index (χ3v) is 4.71. The first-order chi connectivity index (χ1) is 13.2. The summed E-state index contributed by atoms with van der Waals surface area (Å²) in [5, 5.41) is 1.05. The van der Waals surface area contributed by atoms with Gasteiger partial charge in [0.25, 0.3) is 0 Å². The zero-order valence-electron chi connectivity index (χ0n) is 15.5. The number of methoxy groups -OCH3 is 1. The lowest BCUT2D eigenvalue weighted by atomic mass is 10.0. The van der Waals surface area contributed by atoms with Crippen molar-refractivity contribution in [2.75, 3.05) is 7.11 Å². The van der Waals surface area contributed by atoms with Crippen molar-refractivity contribution in [3.8, 4) is 16.9 Å². The van der Waals surface area contributed by atoms with Gasteiger partial charge in [-0.3, -0.25) is 4.79 Å². The molecule has 1 heterocycles. The van der Waals surface area contributed by atoms with E-state index in [2.05, 4.69) is 12.1 Å². The molecular weight excluding hydrogens is 461 g/mol. The highest BCUT2D eigenvalue weighted by molar-refractivity contribution is 5.95. The Morgan fingerprint density at radius 2 is 1.57 bits per heavy atom. The van der Waals surface area contributed by atoms with E-state index in [1.54, 1.807) is 7.11 Å². The van der Waals surface area contributed by atoms with E-state index in [-0.39, 0.29) is 29.8 Å². The molecule has 4 aromatic rings. The lowest BCUT2D eigenvalue weighted by Crippen LogP contribution is -3.00. The Kier molecular flexibility index (Phi) is 6.41. The highest BCUT2D eigenvalue weighted by Crippen LogP contribution is 2.20. The maximum Gasteiger partial charge on any atom is 0.227 e. The van der Waals surface area contributed by atoms with Crippen LogP contribution in [0.25, 0.3) is 22.0 Å². The predicted molar refractivity (Wildman–Crippen MR) is 107 cm³/mol. The molecule has 0 spiro atoms. The summed E-state index contributed by atoms with van der Waals surface area (Å²) in [6.45, 7) is 0.300. The number of ether oxygens (including phenoxy) is 1. The van der Waals surface area contributed by atoms with E-state index in [0.29, 0.717) is 12.1 Å². The van der Waals surface area contributed by atoms with Crippen LogP contribution >= 0.6 is 0 Å². The first-order valence-electron chi connectivity index (χ1n) is 8.89. The van der Waals surface area contributed by atoms with Gasteiger partial charge < -0.3 is 28.7 Å². The first kappa shape index (κ1) is 20.0. The number of carbonyl (C=O) groups excluding carboxylic acids is 1. The number of rotatable bonds is 5. The summed E-state index contributed by atoms with van der Waals surface area (Å²) in [7, 11) is 1.65. The molecule has 0 aliphatic heterocycles. The third-order valence-electron chi connectivity index (χ3n) is 4.71. The van der Waals surface area contributed by atoms with Gasteiger partial charge in [0.05, 0.1) is 12.5 Å². The molecule has 0 aliphatic rings. The van der Waals surface area contributed by atoms with E-state index in [9.17, 15) is 4.79 Å². The third kappa shape index (κ3) is 4.22. The summed E-state index contributed by atoms with van der Waals surface area (Å²) < 4.78 is 7.26. The van der Waals surface area contributed by atoms with Crippen molar-refractivity contribution in [3.05, 3.63) is 96.7 Å². The highest BCUT2D eigenvalue weighted by atomic mass is 127. The second kappa shape index (κ2) is 8.97. The van der Waals surface area contributed by atoms with Crippen molar-refractivity contribution in [2.45, 2.75) is 6.54 Å². The van der Waals surface area contributed by atoms with E-state index in [1.165, 1.54) is 0 Å². The Morgan fingerprint density at radius 1 is 0.857 bits per heavy atom. The molecule has 4 heteroatoms. The summed E-state index contributed by atoms with van der Waals surface area (Å²) in [5.74, 6) is 0.894. The van der Waals surface area contributed by atoms with E-state index >= 15 is 0 Å². The second-order valence-corrected chi connectivity index (χ2v) is 6.43. The summed E-state index contributed by atoms with van der Waals surface area (Å²) in [6, 6.07) is 27.8. The summed E-state index contributed by atoms with van der Waals surface area (Å²) in [6.07, 6.45) is 1.94. The number of nitrogens with zero attached hydrogens (tertiary/aromatic N) is 1. The minimum absolute atomic E-state index is 0. The molecule has 0 atom stereocenters. The molecule has 4 rings (SSSR count). The smallest absolute Gasteiger partial charge is 0.227 e. The Labute approximate surface area is 181 Å². The summed E-state index contributed by atoms with van der Waals surface area (Å²) >= 11 is 0. The number of aromatic nitrogens is 1. The molecule has 0 saturated carbocycles. The number of carbonyl (C=O) groups is 1. The zero-order valence-corrected chi connectivity index (χ0v) is 17.7. The van der Waals surface area contributed by atoms with Crippen molar-refractivity contribution in [1.82, 2.24) is 0 Å². The largest absolute Gasteiger partial charge is 1.00 e. The van der Waals surface area contributed by atoms with Crippen LogP contribution in [0.4, 0.5) is 0 Å². The van der Waals surface area contributed by atoms with Gasteiger partial charge in [-0.15, -0.1) is 0 Å². The van der Waals surface area contributed by atoms with E-state index < -0.39 is 0 Å². The minimum atomic E-state index is 0. The maximum absolute atomic E-state index is 12.8. The molecule has 0 bridgehead atoms. The average Bonchev–Trinajstić information content (AvgIpc) is 2.74. The van der Waals surface area contributed by atoms with Crippen molar-refractivity contribution in [2.24, 2.45) is 0 Å². The molecule has 0 radical (unpaired) electrons. The number of ketones is 1. The lowest BCUT2D eigenvalue weighted by Gasteiger charge is -2.05. The Balaban J connectivity index is 0.00000225. The number of halogens is 1. The molecule has 0 aliphatic carbocycles. The molecule has 3 nitrogen and oxygen atoms in total. The summed E-state index contributed by atoms with van der Waals surface area (Å²) in [4.78, 5) is 12.8. The molecule has 0 amide bonds. The average molecular weight is 481 g/mol. The molecule has 0 saturated heterocycles. The van der Waals surface area contributed by atoms with Crippen molar-refractivity contribution < 1.29 is 38.1 Å². The van der Waals surface area contributed by atoms with Crippen molar-refractivity contribution in [3.63, 3.8) is 0 Å². The van der Waals surface area contributed by atoms with Gasteiger partial charge in [-0.25, -0.2) is 0 Å². The molecule has 28 heavy (non-hydrogen) atoms. The molecular formula is C24H20INO2. The number of benzene rings is 3. The van der Waals surface area contributed by atoms with Crippen LogP contribution in [0.1, 0.15) is 10.4 Å². The van der Waals surface area contributed by atoms with Gasteiger partial charge in [0.1, 0.15) is 5.75 Å². The summed E-state index contributed by atoms with van der Waals surface area (Å²) in [5.41, 5.74) is 3.98. The van der Waals surface area contributed by atoms with Crippen molar-refractivity contribution in [1.29, 1.82) is 0 Å². The minimum Gasteiger partial charge on any atom is -1.00 e. The SMILES string of the molecule is COc1ccc2c(ccc[n+]2CC(=O)c2ccc(-c3ccccc3)cc2)c1.[I-]. The van der Waals surface area contributed by atoms with Crippen LogP contribution in [-0.4, -0.2) is 12.9 Å². The van der Waals surface area contributed by atoms with Crippen LogP contribution in [0.3, 0.4) is 0 Å². The normalized spacial score (nSPS) is 10.3. The van der Waals surface area contributed by atoms with Gasteiger partial charge in [0.2, 0.25) is 17.8 Å². The fourth-order valence-corrected chi connectivity index (χ4v) is 3.25. The Bertz CT molecular complexity index is 1090. The van der Waals surface area contributed by atoms with E-state index in [0.717, 1.165) is 27.8 Å². The molecule has 0 unspecified atom stereocenters. The number of fused-ring (bicyclic) bond motifs is 1. The number of Topliss-reactive ketones (excluding diaryl/α,β-unsaturated/α-hetero) is 1. The molecule has 0 N–H and O–H groups in total. The maximum atomic E-state index is 12.8. The number of hydrogen-bond donors (Lipinski definition) is 0. The van der Waals surface area contributed by atoms with E-state index in [4.69, 9.17) is 4.74 Å². The van der Waals surface area contributed by atoms with Crippen LogP contribution < -0.4 is 33.3 Å². The zero-order chi connectivity index (χ0) is 18.6. The number of pyridine rings is 1. The number of hydrogen-bond acceptors (Lipinski definition) is 2. The van der Waals surface area contributed by atoms with Crippen LogP contribution in [0.2, 0.25) is 0 Å². The molecule has 1 aromatic heterocycles. The van der Waals surface area contributed by atoms with Crippen LogP contribution in [0.5, 0.6) is 5.75 Å². The van der Waals surface area contributed by atoms with Gasteiger partial charge in [-0.1, -0.05) is 54.6 Å². The van der Waals surface area contributed by atoms with Gasteiger partial charge in [-0.05, 0) is 29.3 Å². The second-order valence-electron chi connectivity index (χ2n) is 6.43. The van der Waals surface area contributed by atoms with Gasteiger partial charge >= 0.3 is 0 Å². The predicted octanol–water partition coefficient (Wildman–Crippen LogP) is 1.69. The van der Waals surface area contributed by atoms with Crippen LogP contribution in [0, 0.1) is 0 Å². The Morgan fingerprint density at radius 3 is 2.29 bits per heavy atom. The standard InChI is InChI=1S/C24H20NO2.HI/c1-27-22-13-14-23-21(16-22)8-5-15-25(23)17-24(26)20-11-9-19(10-12-20)18-6-3-2-4-7-18;/h2-16H,17H2,1H3;1H/q+1;/p-1. The van der Waals surface area contributed by atoms with Crippen LogP contribution in [-0.2, 0) is 6.54 Å². The monoisotopic (exact) mass is 481 g/mol. The van der Waals surface area contributed by atoms with Gasteiger partial charge in [0, 0.05) is 17.7 Å². The van der Waals surface area contributed by atoms with E-state index in [1.807, 2.05) is 83.6 Å². The topological polar surface area (TPSA) is 30.2 Å². The fourth-order valence-electron chi connectivity index (χ4n) is 3.25. The quantitative estimate of drug-likeness (QED) is 0.247. The van der Waals surface area contributed by atoms with Gasteiger partial charge in [0.15, 0.2) is 6.20 Å². The highest BCUT2D eigenvalue weighted by Gasteiger charge is 2.15.